The van der Waals surface area contributed by atoms with Crippen LogP contribution in [0.15, 0.2) is 48.8 Å². The van der Waals surface area contributed by atoms with Crippen LogP contribution in [0.4, 0.5) is 16.3 Å². The van der Waals surface area contributed by atoms with Crippen molar-refractivity contribution in [1.29, 1.82) is 0 Å². The van der Waals surface area contributed by atoms with E-state index < -0.39 is 6.03 Å². The Morgan fingerprint density at radius 2 is 2.06 bits per heavy atom. The number of amides is 2. The molecule has 9 heteroatoms. The normalized spacial score (nSPS) is 18.4. The lowest BCUT2D eigenvalue weighted by molar-refractivity contribution is 0.0983. The molecule has 4 heterocycles. The summed E-state index contributed by atoms with van der Waals surface area (Å²) in [6.07, 6.45) is 4.62. The molecule has 2 aliphatic heterocycles. The van der Waals surface area contributed by atoms with E-state index in [2.05, 4.69) is 33.1 Å². The number of nitrogens with one attached hydrogen (secondary N) is 1. The molecule has 1 atom stereocenters. The van der Waals surface area contributed by atoms with Crippen molar-refractivity contribution in [1.82, 2.24) is 19.9 Å². The van der Waals surface area contributed by atoms with E-state index in [1.165, 1.54) is 11.1 Å². The van der Waals surface area contributed by atoms with Gasteiger partial charge >= 0.3 is 6.03 Å². The highest BCUT2D eigenvalue weighted by Gasteiger charge is 2.29. The number of morpholine rings is 1. The van der Waals surface area contributed by atoms with Gasteiger partial charge in [0.15, 0.2) is 5.82 Å². The first-order valence-electron chi connectivity index (χ1n) is 11.6. The predicted molar refractivity (Wildman–Crippen MR) is 130 cm³/mol. The largest absolute Gasteiger partial charge is 0.377 e. The highest BCUT2D eigenvalue weighted by molar-refractivity contribution is 5.88. The average molecular weight is 460 g/mol. The van der Waals surface area contributed by atoms with E-state index >= 15 is 0 Å². The zero-order valence-electron chi connectivity index (χ0n) is 19.3. The maximum Gasteiger partial charge on any atom is 0.316 e. The molecule has 2 amide bonds. The van der Waals surface area contributed by atoms with Crippen molar-refractivity contribution in [2.24, 2.45) is 5.73 Å². The Hall–Kier alpha value is -3.56. The van der Waals surface area contributed by atoms with Crippen molar-refractivity contribution in [3.8, 4) is 11.4 Å². The number of carbonyl (C=O) groups is 1. The minimum atomic E-state index is -0.588. The van der Waals surface area contributed by atoms with Crippen LogP contribution in [0.5, 0.6) is 0 Å². The van der Waals surface area contributed by atoms with Gasteiger partial charge in [-0.3, -0.25) is 9.88 Å². The lowest BCUT2D eigenvalue weighted by Gasteiger charge is -2.37. The molecule has 176 valence electrons. The van der Waals surface area contributed by atoms with Gasteiger partial charge in [-0.1, -0.05) is 6.07 Å². The standard InChI is InChI=1S/C25H29N7O2/c1-17-16-34-12-11-32(17)24-21-8-10-31(14-18-3-2-9-27-13-18)15-22(21)29-23(30-24)19-4-6-20(7-5-19)28-25(26)33/h2-7,9,13,17H,8,10-12,14-16H2,1H3,(H3,26,28,33)/t17-/m0/s1. The van der Waals surface area contributed by atoms with Crippen molar-refractivity contribution < 1.29 is 9.53 Å². The number of fused-ring (bicyclic) bond motifs is 1. The van der Waals surface area contributed by atoms with Gasteiger partial charge in [0.1, 0.15) is 5.82 Å². The number of urea groups is 1. The molecule has 0 saturated carbocycles. The van der Waals surface area contributed by atoms with E-state index in [1.54, 1.807) is 6.20 Å². The number of primary amides is 1. The molecule has 34 heavy (non-hydrogen) atoms. The molecule has 0 bridgehead atoms. The van der Waals surface area contributed by atoms with Crippen LogP contribution in [0.25, 0.3) is 11.4 Å². The van der Waals surface area contributed by atoms with Crippen LogP contribution in [0.2, 0.25) is 0 Å². The molecular weight excluding hydrogens is 430 g/mol. The summed E-state index contributed by atoms with van der Waals surface area (Å²) < 4.78 is 5.68. The second-order valence-electron chi connectivity index (χ2n) is 8.80. The predicted octanol–water partition coefficient (Wildman–Crippen LogP) is 2.81. The molecule has 1 fully saturated rings. The molecule has 3 N–H and O–H groups in total. The lowest BCUT2D eigenvalue weighted by atomic mass is 10.0. The van der Waals surface area contributed by atoms with Gasteiger partial charge < -0.3 is 20.7 Å². The van der Waals surface area contributed by atoms with Crippen molar-refractivity contribution >= 4 is 17.5 Å². The van der Waals surface area contributed by atoms with E-state index in [1.807, 2.05) is 36.5 Å². The number of aromatic nitrogens is 3. The molecule has 0 aliphatic carbocycles. The summed E-state index contributed by atoms with van der Waals surface area (Å²) in [5.74, 6) is 1.69. The van der Waals surface area contributed by atoms with Gasteiger partial charge in [0.25, 0.3) is 0 Å². The van der Waals surface area contributed by atoms with Crippen molar-refractivity contribution in [2.45, 2.75) is 32.5 Å². The highest BCUT2D eigenvalue weighted by atomic mass is 16.5. The molecule has 1 saturated heterocycles. The number of nitrogens with zero attached hydrogens (tertiary/aromatic N) is 5. The van der Waals surface area contributed by atoms with Crippen LogP contribution in [0, 0.1) is 0 Å². The monoisotopic (exact) mass is 459 g/mol. The van der Waals surface area contributed by atoms with Crippen molar-refractivity contribution in [3.05, 3.63) is 65.6 Å². The molecule has 0 unspecified atom stereocenters. The fourth-order valence-electron chi connectivity index (χ4n) is 4.60. The van der Waals surface area contributed by atoms with Crippen molar-refractivity contribution in [2.75, 3.05) is 36.5 Å². The van der Waals surface area contributed by atoms with E-state index in [9.17, 15) is 4.79 Å². The third-order valence-electron chi connectivity index (χ3n) is 6.30. The maximum absolute atomic E-state index is 11.2. The second-order valence-corrected chi connectivity index (χ2v) is 8.80. The van der Waals surface area contributed by atoms with Gasteiger partial charge in [0.2, 0.25) is 0 Å². The van der Waals surface area contributed by atoms with Crippen LogP contribution in [0.3, 0.4) is 0 Å². The SMILES string of the molecule is C[C@H]1COCCN1c1nc(-c2ccc(NC(N)=O)cc2)nc2c1CCN(Cc1cccnc1)C2. The van der Waals surface area contributed by atoms with E-state index in [-0.39, 0.29) is 6.04 Å². The summed E-state index contributed by atoms with van der Waals surface area (Å²) in [6.45, 7) is 6.91. The smallest absolute Gasteiger partial charge is 0.316 e. The quantitative estimate of drug-likeness (QED) is 0.604. The number of benzene rings is 1. The minimum absolute atomic E-state index is 0.246. The number of ether oxygens (including phenoxy) is 1. The van der Waals surface area contributed by atoms with Crippen LogP contribution < -0.4 is 16.0 Å². The summed E-state index contributed by atoms with van der Waals surface area (Å²) in [5.41, 5.74) is 10.3. The van der Waals surface area contributed by atoms with Gasteiger partial charge in [-0.2, -0.15) is 0 Å². The van der Waals surface area contributed by atoms with Crippen LogP contribution in [0.1, 0.15) is 23.7 Å². The number of pyridine rings is 1. The van der Waals surface area contributed by atoms with E-state index in [0.717, 1.165) is 49.7 Å². The Kier molecular flexibility index (Phi) is 6.37. The third-order valence-corrected chi connectivity index (χ3v) is 6.30. The zero-order valence-corrected chi connectivity index (χ0v) is 19.3. The van der Waals surface area contributed by atoms with Gasteiger partial charge in [-0.15, -0.1) is 0 Å². The summed E-state index contributed by atoms with van der Waals surface area (Å²) in [7, 11) is 0. The maximum atomic E-state index is 11.2. The number of rotatable bonds is 5. The van der Waals surface area contributed by atoms with Crippen LogP contribution >= 0.6 is 0 Å². The van der Waals surface area contributed by atoms with Crippen LogP contribution in [-0.4, -0.2) is 58.2 Å². The molecule has 3 aromatic rings. The highest BCUT2D eigenvalue weighted by Crippen LogP contribution is 2.32. The zero-order chi connectivity index (χ0) is 23.5. The topological polar surface area (TPSA) is 109 Å². The summed E-state index contributed by atoms with van der Waals surface area (Å²) in [4.78, 5) is 30.2. The number of hydrogen-bond donors (Lipinski definition) is 2. The molecule has 5 rings (SSSR count). The number of nitrogens with two attached hydrogens (primary N) is 1. The summed E-state index contributed by atoms with van der Waals surface area (Å²) in [5, 5.41) is 2.60. The fourth-order valence-corrected chi connectivity index (χ4v) is 4.60. The molecule has 9 nitrogen and oxygen atoms in total. The Balaban J connectivity index is 1.49. The minimum Gasteiger partial charge on any atom is -0.377 e. The number of carbonyl (C=O) groups excluding carboxylic acids is 1. The summed E-state index contributed by atoms with van der Waals surface area (Å²) >= 11 is 0. The lowest BCUT2D eigenvalue weighted by Crippen LogP contribution is -2.45. The Bertz CT molecular complexity index is 1150. The molecule has 1 aromatic carbocycles. The number of anilines is 2. The van der Waals surface area contributed by atoms with Crippen molar-refractivity contribution in [3.63, 3.8) is 0 Å². The first-order chi connectivity index (χ1) is 16.6. The number of hydrogen-bond acceptors (Lipinski definition) is 7. The second kappa shape index (κ2) is 9.74. The molecule has 0 radical (unpaired) electrons. The average Bonchev–Trinajstić information content (AvgIpc) is 2.84. The van der Waals surface area contributed by atoms with Gasteiger partial charge in [0.05, 0.1) is 24.9 Å². The Morgan fingerprint density at radius 1 is 1.21 bits per heavy atom. The molecule has 0 spiro atoms. The summed E-state index contributed by atoms with van der Waals surface area (Å²) in [6, 6.07) is 11.2. The first kappa shape index (κ1) is 22.2. The molecule has 2 aromatic heterocycles. The van der Waals surface area contributed by atoms with Gasteiger partial charge in [-0.25, -0.2) is 14.8 Å². The Morgan fingerprint density at radius 3 is 2.79 bits per heavy atom. The fraction of sp³-hybridized carbons (Fsp3) is 0.360. The first-order valence-corrected chi connectivity index (χ1v) is 11.6. The molecule has 2 aliphatic rings. The van der Waals surface area contributed by atoms with Gasteiger partial charge in [-0.05, 0) is 49.2 Å². The van der Waals surface area contributed by atoms with Gasteiger partial charge in [0, 0.05) is 55.4 Å². The van der Waals surface area contributed by atoms with E-state index in [4.69, 9.17) is 20.4 Å². The third kappa shape index (κ3) is 4.85. The Labute approximate surface area is 199 Å². The van der Waals surface area contributed by atoms with E-state index in [0.29, 0.717) is 24.7 Å². The van der Waals surface area contributed by atoms with Crippen LogP contribution in [-0.2, 0) is 24.2 Å². The molecular formula is C25H29N7O2.